The zero-order chi connectivity index (χ0) is 15.5. The molecule has 3 aromatic rings. The van der Waals surface area contributed by atoms with E-state index in [0.717, 1.165) is 4.68 Å². The van der Waals surface area contributed by atoms with E-state index < -0.39 is 11.2 Å². The fraction of sp³-hybridized carbons (Fsp3) is 0.0625. The number of ether oxygens (including phenoxy) is 1. The molecule has 0 saturated heterocycles. The molecule has 0 aliphatic carbocycles. The van der Waals surface area contributed by atoms with Gasteiger partial charge in [0.2, 0.25) is 0 Å². The first kappa shape index (κ1) is 13.8. The molecule has 0 fully saturated rings. The van der Waals surface area contributed by atoms with E-state index in [1.54, 1.807) is 43.5 Å². The van der Waals surface area contributed by atoms with E-state index in [-0.39, 0.29) is 0 Å². The highest BCUT2D eigenvalue weighted by Crippen LogP contribution is 2.14. The summed E-state index contributed by atoms with van der Waals surface area (Å²) in [6, 6.07) is 14.0. The van der Waals surface area contributed by atoms with Crippen molar-refractivity contribution in [3.63, 3.8) is 0 Å². The Hall–Kier alpha value is -3.15. The molecular formula is C16H13N3O3. The summed E-state index contributed by atoms with van der Waals surface area (Å²) in [7, 11) is 1.54. The van der Waals surface area contributed by atoms with E-state index in [1.165, 1.54) is 6.21 Å². The van der Waals surface area contributed by atoms with Crippen molar-refractivity contribution in [2.45, 2.75) is 0 Å². The van der Waals surface area contributed by atoms with E-state index in [1.807, 2.05) is 12.1 Å². The van der Waals surface area contributed by atoms with Crippen LogP contribution in [0, 0.1) is 0 Å². The summed E-state index contributed by atoms with van der Waals surface area (Å²) in [4.78, 5) is 26.9. The molecule has 1 N–H and O–H groups in total. The molecule has 1 aromatic heterocycles. The van der Waals surface area contributed by atoms with Gasteiger partial charge in [-0.2, -0.15) is 5.10 Å². The second-order valence-electron chi connectivity index (χ2n) is 4.58. The van der Waals surface area contributed by atoms with Crippen LogP contribution in [0.5, 0.6) is 5.75 Å². The van der Waals surface area contributed by atoms with E-state index in [4.69, 9.17) is 4.74 Å². The topological polar surface area (TPSA) is 76.5 Å². The Bertz CT molecular complexity index is 970. The summed E-state index contributed by atoms with van der Waals surface area (Å²) in [5.41, 5.74) is 0.103. The number of hydrogen-bond acceptors (Lipinski definition) is 4. The summed E-state index contributed by atoms with van der Waals surface area (Å²) in [5.74, 6) is 0.608. The van der Waals surface area contributed by atoms with Crippen LogP contribution in [0.4, 0.5) is 0 Å². The molecule has 110 valence electrons. The lowest BCUT2D eigenvalue weighted by Crippen LogP contribution is -2.32. The molecular weight excluding hydrogens is 282 g/mol. The van der Waals surface area contributed by atoms with Crippen molar-refractivity contribution < 1.29 is 4.74 Å². The van der Waals surface area contributed by atoms with Crippen LogP contribution < -0.4 is 16.0 Å². The predicted molar refractivity (Wildman–Crippen MR) is 84.8 cm³/mol. The zero-order valence-electron chi connectivity index (χ0n) is 11.8. The number of methoxy groups -OCH3 is 1. The predicted octanol–water partition coefficient (Wildman–Crippen LogP) is 1.58. The molecule has 0 unspecified atom stereocenters. The zero-order valence-corrected chi connectivity index (χ0v) is 11.8. The number of para-hydroxylation sites is 2. The maximum atomic E-state index is 12.3. The first-order valence-corrected chi connectivity index (χ1v) is 6.62. The van der Waals surface area contributed by atoms with Gasteiger partial charge in [0, 0.05) is 5.56 Å². The van der Waals surface area contributed by atoms with Gasteiger partial charge in [-0.1, -0.05) is 24.3 Å². The molecule has 2 aromatic carbocycles. The second kappa shape index (κ2) is 5.69. The van der Waals surface area contributed by atoms with Gasteiger partial charge in [-0.25, -0.2) is 4.79 Å². The summed E-state index contributed by atoms with van der Waals surface area (Å²) < 4.78 is 6.00. The lowest BCUT2D eigenvalue weighted by atomic mass is 10.2. The van der Waals surface area contributed by atoms with Crippen molar-refractivity contribution >= 4 is 17.1 Å². The number of benzene rings is 2. The lowest BCUT2D eigenvalue weighted by molar-refractivity contribution is 0.414. The standard InChI is InChI=1S/C16H13N3O3/c1-22-14-9-5-2-6-11(14)10-17-19-15(20)12-7-3-4-8-13(12)18-16(19)21/h2-10H,1H3,(H,18,21). The van der Waals surface area contributed by atoms with E-state index >= 15 is 0 Å². The second-order valence-corrected chi connectivity index (χ2v) is 4.58. The number of rotatable bonds is 3. The summed E-state index contributed by atoms with van der Waals surface area (Å²) in [6.45, 7) is 0. The van der Waals surface area contributed by atoms with Crippen molar-refractivity contribution in [3.8, 4) is 5.75 Å². The highest BCUT2D eigenvalue weighted by atomic mass is 16.5. The van der Waals surface area contributed by atoms with Crippen molar-refractivity contribution in [1.29, 1.82) is 0 Å². The van der Waals surface area contributed by atoms with Gasteiger partial charge < -0.3 is 9.72 Å². The number of fused-ring (bicyclic) bond motifs is 1. The van der Waals surface area contributed by atoms with Crippen LogP contribution in [0.1, 0.15) is 5.56 Å². The van der Waals surface area contributed by atoms with Crippen LogP contribution in [-0.4, -0.2) is 23.0 Å². The third-order valence-corrected chi connectivity index (χ3v) is 3.24. The molecule has 0 bridgehead atoms. The summed E-state index contributed by atoms with van der Waals surface area (Å²) >= 11 is 0. The molecule has 6 heteroatoms. The molecule has 0 aliphatic rings. The Balaban J connectivity index is 2.13. The molecule has 0 atom stereocenters. The first-order valence-electron chi connectivity index (χ1n) is 6.62. The molecule has 1 heterocycles. The quantitative estimate of drug-likeness (QED) is 0.745. The van der Waals surface area contributed by atoms with E-state index in [2.05, 4.69) is 10.1 Å². The van der Waals surface area contributed by atoms with Crippen LogP contribution >= 0.6 is 0 Å². The van der Waals surface area contributed by atoms with Crippen molar-refractivity contribution in [1.82, 2.24) is 9.66 Å². The molecule has 22 heavy (non-hydrogen) atoms. The van der Waals surface area contributed by atoms with E-state index in [9.17, 15) is 9.59 Å². The number of nitrogens with one attached hydrogen (secondary N) is 1. The average Bonchev–Trinajstić information content (AvgIpc) is 2.55. The minimum Gasteiger partial charge on any atom is -0.496 e. The minimum absolute atomic E-state index is 0.402. The summed E-state index contributed by atoms with van der Waals surface area (Å²) in [5, 5.41) is 4.39. The van der Waals surface area contributed by atoms with Crippen LogP contribution in [-0.2, 0) is 0 Å². The Kier molecular flexibility index (Phi) is 3.57. The molecule has 0 radical (unpaired) electrons. The molecule has 3 rings (SSSR count). The monoisotopic (exact) mass is 295 g/mol. The molecule has 0 aliphatic heterocycles. The van der Waals surface area contributed by atoms with Crippen LogP contribution in [0.3, 0.4) is 0 Å². The van der Waals surface area contributed by atoms with Crippen LogP contribution in [0.2, 0.25) is 0 Å². The normalized spacial score (nSPS) is 11.1. The highest BCUT2D eigenvalue weighted by Gasteiger charge is 2.06. The number of H-pyrrole nitrogens is 1. The minimum atomic E-state index is -0.588. The third kappa shape index (κ3) is 2.42. The number of hydrogen-bond donors (Lipinski definition) is 1. The molecule has 0 saturated carbocycles. The van der Waals surface area contributed by atoms with Gasteiger partial charge in [0.25, 0.3) is 5.56 Å². The molecule has 6 nitrogen and oxygen atoms in total. The average molecular weight is 295 g/mol. The van der Waals surface area contributed by atoms with Crippen LogP contribution in [0.25, 0.3) is 10.9 Å². The Morgan fingerprint density at radius 2 is 1.82 bits per heavy atom. The Labute approximate surface area is 125 Å². The van der Waals surface area contributed by atoms with Gasteiger partial charge in [0.15, 0.2) is 0 Å². The number of aromatic amines is 1. The fourth-order valence-electron chi connectivity index (χ4n) is 2.15. The van der Waals surface area contributed by atoms with Gasteiger partial charge >= 0.3 is 5.69 Å². The Morgan fingerprint density at radius 1 is 1.09 bits per heavy atom. The number of aromatic nitrogens is 2. The highest BCUT2D eigenvalue weighted by molar-refractivity contribution is 5.83. The SMILES string of the molecule is COc1ccccc1C=Nn1c(=O)[nH]c2ccccc2c1=O. The van der Waals surface area contributed by atoms with Crippen molar-refractivity contribution in [2.75, 3.05) is 7.11 Å². The van der Waals surface area contributed by atoms with Gasteiger partial charge in [0.05, 0.1) is 24.2 Å². The van der Waals surface area contributed by atoms with Gasteiger partial charge in [-0.15, -0.1) is 4.68 Å². The Morgan fingerprint density at radius 3 is 2.64 bits per heavy atom. The largest absolute Gasteiger partial charge is 0.496 e. The van der Waals surface area contributed by atoms with Gasteiger partial charge in [-0.05, 0) is 24.3 Å². The summed E-state index contributed by atoms with van der Waals surface area (Å²) in [6.07, 6.45) is 1.42. The van der Waals surface area contributed by atoms with Gasteiger partial charge in [-0.3, -0.25) is 4.79 Å². The lowest BCUT2D eigenvalue weighted by Gasteiger charge is -2.03. The molecule has 0 spiro atoms. The fourth-order valence-corrected chi connectivity index (χ4v) is 2.15. The maximum Gasteiger partial charge on any atom is 0.349 e. The van der Waals surface area contributed by atoms with E-state index in [0.29, 0.717) is 22.2 Å². The smallest absolute Gasteiger partial charge is 0.349 e. The van der Waals surface area contributed by atoms with Crippen LogP contribution in [0.15, 0.2) is 63.2 Å². The molecule has 0 amide bonds. The van der Waals surface area contributed by atoms with Gasteiger partial charge in [0.1, 0.15) is 5.75 Å². The maximum absolute atomic E-state index is 12.3. The first-order chi connectivity index (χ1) is 10.7. The van der Waals surface area contributed by atoms with Crippen molar-refractivity contribution in [2.24, 2.45) is 5.10 Å². The third-order valence-electron chi connectivity index (χ3n) is 3.24. The van der Waals surface area contributed by atoms with Crippen molar-refractivity contribution in [3.05, 3.63) is 74.9 Å². The number of nitrogens with zero attached hydrogens (tertiary/aromatic N) is 2.